The van der Waals surface area contributed by atoms with E-state index in [4.69, 9.17) is 0 Å². The smallest absolute Gasteiger partial charge is 0.253 e. The summed E-state index contributed by atoms with van der Waals surface area (Å²) in [5, 5.41) is 7.67. The van der Waals surface area contributed by atoms with Crippen molar-refractivity contribution in [2.45, 2.75) is 50.9 Å². The van der Waals surface area contributed by atoms with Crippen LogP contribution in [-0.2, 0) is 4.79 Å². The number of carbonyl (C=O) groups excluding carboxylic acids is 1. The molecule has 1 N–H and O–H groups in total. The monoisotopic (exact) mass is 307 g/mol. The van der Waals surface area contributed by atoms with Crippen LogP contribution < -0.4 is 5.32 Å². The Morgan fingerprint density at radius 3 is 2.90 bits per heavy atom. The number of aromatic nitrogens is 4. The van der Waals surface area contributed by atoms with Gasteiger partial charge < -0.3 is 5.32 Å². The molecule has 0 bridgehead atoms. The summed E-state index contributed by atoms with van der Waals surface area (Å²) in [7, 11) is 0. The Hall–Kier alpha value is -1.63. The van der Waals surface area contributed by atoms with Crippen LogP contribution in [0.2, 0.25) is 0 Å². The normalized spacial score (nSPS) is 12.6. The fourth-order valence-electron chi connectivity index (χ4n) is 1.94. The second-order valence-corrected chi connectivity index (χ2v) is 6.36. The van der Waals surface area contributed by atoms with Crippen molar-refractivity contribution in [3.63, 3.8) is 0 Å². The molecule has 6 nitrogen and oxygen atoms in total. The average molecular weight is 307 g/mol. The van der Waals surface area contributed by atoms with Crippen molar-refractivity contribution < 1.29 is 4.79 Å². The number of amides is 1. The Morgan fingerprint density at radius 2 is 2.19 bits per heavy atom. The number of nitrogens with one attached hydrogen (secondary N) is 1. The number of unbranched alkanes of at least 4 members (excludes halogenated alkanes) is 1. The Morgan fingerprint density at radius 1 is 1.43 bits per heavy atom. The standard InChI is InChI=1S/C14H21N5OS/c1-5-6-7-15-12(20)11(4)21-14-17-13-16-9(2)8-10(3)19(13)18-14/h8,11H,5-7H2,1-4H3,(H,15,20)/t11-/m1/s1. The highest BCUT2D eigenvalue weighted by atomic mass is 32.2. The van der Waals surface area contributed by atoms with Crippen molar-refractivity contribution in [1.29, 1.82) is 0 Å². The van der Waals surface area contributed by atoms with Crippen molar-refractivity contribution in [2.75, 3.05) is 6.54 Å². The van der Waals surface area contributed by atoms with Gasteiger partial charge >= 0.3 is 0 Å². The molecule has 0 saturated carbocycles. The van der Waals surface area contributed by atoms with Crippen LogP contribution in [0.1, 0.15) is 38.1 Å². The van der Waals surface area contributed by atoms with Crippen LogP contribution in [-0.4, -0.2) is 37.3 Å². The molecule has 0 aliphatic heterocycles. The summed E-state index contributed by atoms with van der Waals surface area (Å²) in [5.41, 5.74) is 1.89. The maximum atomic E-state index is 11.9. The van der Waals surface area contributed by atoms with Crippen molar-refractivity contribution in [1.82, 2.24) is 24.9 Å². The number of hydrogen-bond donors (Lipinski definition) is 1. The largest absolute Gasteiger partial charge is 0.355 e. The average Bonchev–Trinajstić information content (AvgIpc) is 2.81. The van der Waals surface area contributed by atoms with E-state index < -0.39 is 0 Å². The van der Waals surface area contributed by atoms with E-state index in [9.17, 15) is 4.79 Å². The highest BCUT2D eigenvalue weighted by molar-refractivity contribution is 8.00. The van der Waals surface area contributed by atoms with E-state index in [2.05, 4.69) is 27.3 Å². The molecule has 114 valence electrons. The Balaban J connectivity index is 2.05. The molecule has 2 rings (SSSR count). The number of thioether (sulfide) groups is 1. The van der Waals surface area contributed by atoms with Crippen LogP contribution in [0.15, 0.2) is 11.2 Å². The predicted octanol–water partition coefficient (Wildman–Crippen LogP) is 2.14. The van der Waals surface area contributed by atoms with E-state index in [0.717, 1.165) is 30.8 Å². The zero-order chi connectivity index (χ0) is 15.4. The number of fused-ring (bicyclic) bond motifs is 1. The van der Waals surface area contributed by atoms with Gasteiger partial charge in [0.25, 0.3) is 5.78 Å². The van der Waals surface area contributed by atoms with Crippen molar-refractivity contribution in [3.05, 3.63) is 17.5 Å². The lowest BCUT2D eigenvalue weighted by molar-refractivity contribution is -0.120. The van der Waals surface area contributed by atoms with Crippen LogP contribution in [0.5, 0.6) is 0 Å². The summed E-state index contributed by atoms with van der Waals surface area (Å²) in [6, 6.07) is 1.96. The summed E-state index contributed by atoms with van der Waals surface area (Å²) in [6.07, 6.45) is 2.07. The number of aryl methyl sites for hydroxylation is 2. The molecule has 0 aliphatic rings. The van der Waals surface area contributed by atoms with Gasteiger partial charge in [-0.1, -0.05) is 25.1 Å². The summed E-state index contributed by atoms with van der Waals surface area (Å²) in [4.78, 5) is 20.7. The fourth-order valence-corrected chi connectivity index (χ4v) is 2.71. The first-order chi connectivity index (χ1) is 10.0. The summed E-state index contributed by atoms with van der Waals surface area (Å²) >= 11 is 1.35. The van der Waals surface area contributed by atoms with Crippen LogP contribution in [0.25, 0.3) is 5.78 Å². The molecule has 1 atom stereocenters. The van der Waals surface area contributed by atoms with E-state index in [1.165, 1.54) is 11.8 Å². The SMILES string of the molecule is CCCCNC(=O)[C@@H](C)Sc1nc2nc(C)cc(C)n2n1. The molecule has 0 radical (unpaired) electrons. The van der Waals surface area contributed by atoms with Gasteiger partial charge in [0.15, 0.2) is 0 Å². The van der Waals surface area contributed by atoms with Crippen molar-refractivity contribution >= 4 is 23.4 Å². The molecule has 7 heteroatoms. The van der Waals surface area contributed by atoms with Crippen LogP contribution in [0.3, 0.4) is 0 Å². The van der Waals surface area contributed by atoms with E-state index >= 15 is 0 Å². The first kappa shape index (κ1) is 15.8. The molecule has 2 heterocycles. The van der Waals surface area contributed by atoms with Crippen LogP contribution in [0.4, 0.5) is 0 Å². The molecule has 0 aliphatic carbocycles. The van der Waals surface area contributed by atoms with E-state index in [0.29, 0.717) is 10.9 Å². The maximum absolute atomic E-state index is 11.9. The minimum Gasteiger partial charge on any atom is -0.355 e. The number of rotatable bonds is 6. The molecule has 21 heavy (non-hydrogen) atoms. The molecular formula is C14H21N5OS. The van der Waals surface area contributed by atoms with Gasteiger partial charge in [-0.3, -0.25) is 4.79 Å². The fraction of sp³-hybridized carbons (Fsp3) is 0.571. The van der Waals surface area contributed by atoms with Crippen molar-refractivity contribution in [3.8, 4) is 0 Å². The number of nitrogens with zero attached hydrogens (tertiary/aromatic N) is 4. The van der Waals surface area contributed by atoms with Gasteiger partial charge in [-0.05, 0) is 33.3 Å². The second-order valence-electron chi connectivity index (χ2n) is 5.05. The summed E-state index contributed by atoms with van der Waals surface area (Å²) in [6.45, 7) is 8.58. The lowest BCUT2D eigenvalue weighted by atomic mass is 10.3. The third kappa shape index (κ3) is 3.93. The van der Waals surface area contributed by atoms with Gasteiger partial charge in [0, 0.05) is 17.9 Å². The predicted molar refractivity (Wildman–Crippen MR) is 83.5 cm³/mol. The minimum absolute atomic E-state index is 0.0215. The van der Waals surface area contributed by atoms with Crippen LogP contribution >= 0.6 is 11.8 Å². The molecule has 1 amide bonds. The van der Waals surface area contributed by atoms with E-state index in [1.54, 1.807) is 4.52 Å². The van der Waals surface area contributed by atoms with Gasteiger partial charge in [0.2, 0.25) is 11.1 Å². The minimum atomic E-state index is -0.222. The second kappa shape index (κ2) is 6.89. The summed E-state index contributed by atoms with van der Waals surface area (Å²) < 4.78 is 1.71. The van der Waals surface area contributed by atoms with Gasteiger partial charge in [-0.2, -0.15) is 4.98 Å². The molecule has 0 fully saturated rings. The molecule has 0 saturated heterocycles. The van der Waals surface area contributed by atoms with Gasteiger partial charge in [0.1, 0.15) is 0 Å². The molecule has 0 aromatic carbocycles. The van der Waals surface area contributed by atoms with E-state index in [1.807, 2.05) is 26.8 Å². The molecule has 2 aromatic rings. The first-order valence-electron chi connectivity index (χ1n) is 7.16. The summed E-state index contributed by atoms with van der Waals surface area (Å²) in [5.74, 6) is 0.599. The van der Waals surface area contributed by atoms with Gasteiger partial charge in [-0.15, -0.1) is 5.10 Å². The molecule has 2 aromatic heterocycles. The third-order valence-corrected chi connectivity index (χ3v) is 4.03. The quantitative estimate of drug-likeness (QED) is 0.654. The lowest BCUT2D eigenvalue weighted by Crippen LogP contribution is -2.31. The van der Waals surface area contributed by atoms with E-state index in [-0.39, 0.29) is 11.2 Å². The number of hydrogen-bond acceptors (Lipinski definition) is 5. The molecular weight excluding hydrogens is 286 g/mol. The maximum Gasteiger partial charge on any atom is 0.253 e. The van der Waals surface area contributed by atoms with Crippen LogP contribution in [0, 0.1) is 13.8 Å². The lowest BCUT2D eigenvalue weighted by Gasteiger charge is -2.09. The van der Waals surface area contributed by atoms with Crippen molar-refractivity contribution in [2.24, 2.45) is 0 Å². The van der Waals surface area contributed by atoms with Gasteiger partial charge in [0.05, 0.1) is 5.25 Å². The topological polar surface area (TPSA) is 72.2 Å². The zero-order valence-electron chi connectivity index (χ0n) is 12.9. The Bertz CT molecular complexity index is 640. The zero-order valence-corrected chi connectivity index (χ0v) is 13.7. The molecule has 0 spiro atoms. The molecule has 0 unspecified atom stereocenters. The van der Waals surface area contributed by atoms with Gasteiger partial charge in [-0.25, -0.2) is 9.50 Å². The third-order valence-electron chi connectivity index (χ3n) is 3.08. The Kier molecular flexibility index (Phi) is 5.17. The first-order valence-corrected chi connectivity index (χ1v) is 8.04. The highest BCUT2D eigenvalue weighted by Crippen LogP contribution is 2.20. The number of carbonyl (C=O) groups is 1. The Labute approximate surface area is 128 Å². The highest BCUT2D eigenvalue weighted by Gasteiger charge is 2.17.